The number of carbonyl (C=O) groups is 1. The lowest BCUT2D eigenvalue weighted by molar-refractivity contribution is 0.0665. The van der Waals surface area contributed by atoms with Crippen LogP contribution in [-0.4, -0.2) is 75.8 Å². The van der Waals surface area contributed by atoms with E-state index in [1.807, 2.05) is 0 Å². The number of sulfonamides is 1. The lowest BCUT2D eigenvalue weighted by Crippen LogP contribution is -2.41. The first-order chi connectivity index (χ1) is 15.2. The number of sulfone groups is 1. The summed E-state index contributed by atoms with van der Waals surface area (Å²) < 4.78 is 62.3. The third-order valence-electron chi connectivity index (χ3n) is 5.86. The van der Waals surface area contributed by atoms with E-state index in [1.54, 1.807) is 25.1 Å². The molecule has 0 saturated carbocycles. The van der Waals surface area contributed by atoms with Crippen molar-refractivity contribution in [2.24, 2.45) is 0 Å². The van der Waals surface area contributed by atoms with Gasteiger partial charge in [-0.3, -0.25) is 4.79 Å². The summed E-state index contributed by atoms with van der Waals surface area (Å²) in [5, 5.41) is 0. The van der Waals surface area contributed by atoms with Gasteiger partial charge in [-0.1, -0.05) is 6.07 Å². The predicted octanol–water partition coefficient (Wildman–Crippen LogP) is 1.44. The van der Waals surface area contributed by atoms with Crippen molar-refractivity contribution in [2.45, 2.75) is 30.8 Å². The second-order valence-corrected chi connectivity index (χ2v) is 12.2. The third kappa shape index (κ3) is 4.75. The molecule has 2 aliphatic heterocycles. The quantitative estimate of drug-likeness (QED) is 0.612. The van der Waals surface area contributed by atoms with Crippen LogP contribution in [0, 0.1) is 6.92 Å². The first kappa shape index (κ1) is 23.0. The molecule has 174 valence electrons. The average Bonchev–Trinajstić information content (AvgIpc) is 3.41. The summed E-state index contributed by atoms with van der Waals surface area (Å²) in [4.78, 5) is 15.1. The summed E-state index contributed by atoms with van der Waals surface area (Å²) in [6, 6.07) is 7.41. The van der Waals surface area contributed by atoms with E-state index in [-0.39, 0.29) is 41.6 Å². The van der Waals surface area contributed by atoms with E-state index in [4.69, 9.17) is 9.15 Å². The van der Waals surface area contributed by atoms with E-state index < -0.39 is 31.8 Å². The molecule has 0 bridgehead atoms. The van der Waals surface area contributed by atoms with Crippen LogP contribution in [-0.2, 0) is 31.1 Å². The number of morpholine rings is 1. The van der Waals surface area contributed by atoms with Gasteiger partial charge in [0.25, 0.3) is 5.91 Å². The molecule has 0 aliphatic carbocycles. The van der Waals surface area contributed by atoms with E-state index in [0.717, 1.165) is 0 Å². The molecule has 0 N–H and O–H groups in total. The topological polar surface area (TPSA) is 114 Å². The Kier molecular flexibility index (Phi) is 6.44. The Labute approximate surface area is 187 Å². The maximum absolute atomic E-state index is 13.6. The number of nitrogens with zero attached hydrogens (tertiary/aromatic N) is 2. The van der Waals surface area contributed by atoms with Gasteiger partial charge in [0.15, 0.2) is 9.84 Å². The van der Waals surface area contributed by atoms with Crippen LogP contribution in [0.3, 0.4) is 0 Å². The molecule has 2 fully saturated rings. The number of amides is 1. The highest BCUT2D eigenvalue weighted by molar-refractivity contribution is 7.91. The molecule has 1 aromatic carbocycles. The Morgan fingerprint density at radius 2 is 1.97 bits per heavy atom. The lowest BCUT2D eigenvalue weighted by Gasteiger charge is -2.29. The molecule has 3 heterocycles. The SMILES string of the molecule is Cc1ccc(S(=O)(=O)N2CCOCC2)cc1C(=O)N(Cc1ccco1)[C@@H]1CCS(=O)(=O)C1. The van der Waals surface area contributed by atoms with Gasteiger partial charge in [-0.25, -0.2) is 16.8 Å². The molecular formula is C21H26N2O7S2. The van der Waals surface area contributed by atoms with Gasteiger partial charge >= 0.3 is 0 Å². The number of furan rings is 1. The highest BCUT2D eigenvalue weighted by Gasteiger charge is 2.36. The zero-order valence-electron chi connectivity index (χ0n) is 17.8. The largest absolute Gasteiger partial charge is 0.467 e. The van der Waals surface area contributed by atoms with Crippen molar-refractivity contribution in [3.8, 4) is 0 Å². The summed E-state index contributed by atoms with van der Waals surface area (Å²) in [5.41, 5.74) is 0.844. The van der Waals surface area contributed by atoms with Crippen LogP contribution in [0.2, 0.25) is 0 Å². The summed E-state index contributed by atoms with van der Waals surface area (Å²) >= 11 is 0. The van der Waals surface area contributed by atoms with Crippen molar-refractivity contribution in [1.29, 1.82) is 0 Å². The highest BCUT2D eigenvalue weighted by atomic mass is 32.2. The fourth-order valence-electron chi connectivity index (χ4n) is 4.04. The standard InChI is InChI=1S/C21H26N2O7S2/c1-16-4-5-19(32(27,28)22-7-10-29-11-8-22)13-20(16)21(24)23(14-18-3-2-9-30-18)17-6-12-31(25,26)15-17/h2-5,9,13,17H,6-8,10-12,14-15H2,1H3/t17-/m1/s1. The Morgan fingerprint density at radius 3 is 2.59 bits per heavy atom. The molecule has 1 atom stereocenters. The van der Waals surface area contributed by atoms with E-state index >= 15 is 0 Å². The molecule has 0 radical (unpaired) electrons. The summed E-state index contributed by atoms with van der Waals surface area (Å²) in [7, 11) is -7.01. The minimum Gasteiger partial charge on any atom is -0.467 e. The van der Waals surface area contributed by atoms with Gasteiger partial charge in [-0.05, 0) is 43.2 Å². The van der Waals surface area contributed by atoms with Gasteiger partial charge in [0.2, 0.25) is 10.0 Å². The van der Waals surface area contributed by atoms with Gasteiger partial charge in [-0.15, -0.1) is 0 Å². The van der Waals surface area contributed by atoms with Gasteiger partial charge < -0.3 is 14.1 Å². The first-order valence-electron chi connectivity index (χ1n) is 10.4. The van der Waals surface area contributed by atoms with Crippen LogP contribution in [0.15, 0.2) is 45.9 Å². The van der Waals surface area contributed by atoms with Crippen LogP contribution in [0.25, 0.3) is 0 Å². The number of benzene rings is 1. The Balaban J connectivity index is 1.68. The van der Waals surface area contributed by atoms with Crippen LogP contribution in [0.1, 0.15) is 28.1 Å². The van der Waals surface area contributed by atoms with Crippen LogP contribution < -0.4 is 0 Å². The van der Waals surface area contributed by atoms with Crippen molar-refractivity contribution in [3.63, 3.8) is 0 Å². The summed E-state index contributed by atoms with van der Waals surface area (Å²) in [6.07, 6.45) is 1.82. The first-order valence-corrected chi connectivity index (χ1v) is 13.7. The van der Waals surface area contributed by atoms with Crippen LogP contribution in [0.5, 0.6) is 0 Å². The van der Waals surface area contributed by atoms with Gasteiger partial charge in [0.05, 0.1) is 42.4 Å². The van der Waals surface area contributed by atoms with E-state index in [2.05, 4.69) is 0 Å². The second-order valence-electron chi connectivity index (χ2n) is 8.06. The van der Waals surface area contributed by atoms with Crippen molar-refractivity contribution in [2.75, 3.05) is 37.8 Å². The molecule has 4 rings (SSSR count). The van der Waals surface area contributed by atoms with E-state index in [1.165, 1.54) is 27.6 Å². The highest BCUT2D eigenvalue weighted by Crippen LogP contribution is 2.26. The Morgan fingerprint density at radius 1 is 1.22 bits per heavy atom. The zero-order chi connectivity index (χ0) is 22.9. The molecule has 1 aromatic heterocycles. The van der Waals surface area contributed by atoms with Crippen molar-refractivity contribution in [1.82, 2.24) is 9.21 Å². The molecule has 2 aliphatic rings. The fraction of sp³-hybridized carbons (Fsp3) is 0.476. The molecule has 0 spiro atoms. The lowest BCUT2D eigenvalue weighted by atomic mass is 10.1. The molecular weight excluding hydrogens is 456 g/mol. The number of carbonyl (C=O) groups excluding carboxylic acids is 1. The minimum atomic E-state index is -3.78. The fourth-order valence-corrected chi connectivity index (χ4v) is 7.21. The number of rotatable bonds is 6. The summed E-state index contributed by atoms with van der Waals surface area (Å²) in [6.45, 7) is 2.99. The monoisotopic (exact) mass is 482 g/mol. The zero-order valence-corrected chi connectivity index (χ0v) is 19.4. The second kappa shape index (κ2) is 8.97. The Hall–Kier alpha value is -2.21. The maximum Gasteiger partial charge on any atom is 0.254 e. The van der Waals surface area contributed by atoms with E-state index in [9.17, 15) is 21.6 Å². The number of aryl methyl sites for hydroxylation is 1. The molecule has 32 heavy (non-hydrogen) atoms. The van der Waals surface area contributed by atoms with Gasteiger partial charge in [-0.2, -0.15) is 4.31 Å². The molecule has 9 nitrogen and oxygen atoms in total. The van der Waals surface area contributed by atoms with Crippen molar-refractivity contribution < 1.29 is 30.8 Å². The smallest absolute Gasteiger partial charge is 0.254 e. The molecule has 11 heteroatoms. The normalized spacial score (nSPS) is 21.5. The average molecular weight is 483 g/mol. The summed E-state index contributed by atoms with van der Waals surface area (Å²) in [5.74, 6) is 0.00584. The number of hydrogen-bond donors (Lipinski definition) is 0. The van der Waals surface area contributed by atoms with Crippen molar-refractivity contribution in [3.05, 3.63) is 53.5 Å². The maximum atomic E-state index is 13.6. The number of hydrogen-bond acceptors (Lipinski definition) is 7. The molecule has 2 saturated heterocycles. The Bertz CT molecular complexity index is 1180. The number of ether oxygens (including phenoxy) is 1. The predicted molar refractivity (Wildman–Crippen MR) is 116 cm³/mol. The van der Waals surface area contributed by atoms with Gasteiger partial charge in [0, 0.05) is 24.7 Å². The van der Waals surface area contributed by atoms with Crippen LogP contribution in [0.4, 0.5) is 0 Å². The molecule has 2 aromatic rings. The van der Waals surface area contributed by atoms with E-state index in [0.29, 0.717) is 31.0 Å². The van der Waals surface area contributed by atoms with Crippen LogP contribution >= 0.6 is 0 Å². The van der Waals surface area contributed by atoms with Crippen molar-refractivity contribution >= 4 is 25.8 Å². The third-order valence-corrected chi connectivity index (χ3v) is 9.51. The van der Waals surface area contributed by atoms with Gasteiger partial charge in [0.1, 0.15) is 5.76 Å². The minimum absolute atomic E-state index is 0.0179. The molecule has 0 unspecified atom stereocenters. The molecule has 1 amide bonds.